The van der Waals surface area contributed by atoms with Crippen molar-refractivity contribution >= 4 is 50.2 Å². The van der Waals surface area contributed by atoms with E-state index in [1.165, 1.54) is 0 Å². The van der Waals surface area contributed by atoms with E-state index in [4.69, 9.17) is 27.9 Å². The van der Waals surface area contributed by atoms with E-state index >= 15 is 0 Å². The summed E-state index contributed by atoms with van der Waals surface area (Å²) in [7, 11) is 1.54. The van der Waals surface area contributed by atoms with E-state index in [-0.39, 0.29) is 0 Å². The van der Waals surface area contributed by atoms with Crippen LogP contribution in [-0.2, 0) is 5.33 Å². The van der Waals surface area contributed by atoms with Crippen molar-refractivity contribution in [1.29, 1.82) is 0 Å². The van der Waals surface area contributed by atoms with Crippen molar-refractivity contribution < 1.29 is 4.74 Å². The Morgan fingerprint density at radius 3 is 2.81 bits per heavy atom. The second-order valence-electron chi connectivity index (χ2n) is 3.06. The molecule has 0 saturated carbocycles. The number of ether oxygens (including phenoxy) is 1. The Hall–Kier alpha value is -0.580. The van der Waals surface area contributed by atoms with Crippen LogP contribution in [-0.4, -0.2) is 17.1 Å². The van der Waals surface area contributed by atoms with Gasteiger partial charge in [0.05, 0.1) is 34.4 Å². The molecule has 0 saturated heterocycles. The minimum Gasteiger partial charge on any atom is -0.480 e. The Morgan fingerprint density at radius 2 is 2.19 bits per heavy atom. The quantitative estimate of drug-likeness (QED) is 0.788. The fraction of sp³-hybridized carbons (Fsp3) is 0.200. The Bertz CT molecular complexity index is 548. The van der Waals surface area contributed by atoms with Crippen molar-refractivity contribution in [3.8, 4) is 5.88 Å². The Labute approximate surface area is 111 Å². The summed E-state index contributed by atoms with van der Waals surface area (Å²) in [5.41, 5.74) is 2.23. The number of aromatic nitrogens is 2. The van der Waals surface area contributed by atoms with Crippen LogP contribution < -0.4 is 4.74 Å². The standard InChI is InChI=1S/C10H7BrCl2N2O/c1-16-8-4-14-10-5(3-11)9(13)6(12)2-7(10)15-8/h2,4H,3H2,1H3. The molecular formula is C10H7BrCl2N2O. The van der Waals surface area contributed by atoms with Gasteiger partial charge in [-0.3, -0.25) is 0 Å². The molecule has 16 heavy (non-hydrogen) atoms. The van der Waals surface area contributed by atoms with Gasteiger partial charge in [0.2, 0.25) is 5.88 Å². The molecule has 0 N–H and O–H groups in total. The van der Waals surface area contributed by atoms with Gasteiger partial charge in [-0.05, 0) is 6.07 Å². The van der Waals surface area contributed by atoms with Gasteiger partial charge in [0.15, 0.2) is 0 Å². The summed E-state index contributed by atoms with van der Waals surface area (Å²) in [6.45, 7) is 0. The lowest BCUT2D eigenvalue weighted by Gasteiger charge is -2.07. The van der Waals surface area contributed by atoms with E-state index in [2.05, 4.69) is 25.9 Å². The molecule has 84 valence electrons. The smallest absolute Gasteiger partial charge is 0.232 e. The van der Waals surface area contributed by atoms with Crippen molar-refractivity contribution in [2.75, 3.05) is 7.11 Å². The first-order valence-corrected chi connectivity index (χ1v) is 6.28. The second-order valence-corrected chi connectivity index (χ2v) is 4.41. The SMILES string of the molecule is COc1cnc2c(CBr)c(Cl)c(Cl)cc2n1. The third kappa shape index (κ3) is 1.97. The molecular weight excluding hydrogens is 315 g/mol. The fourth-order valence-corrected chi connectivity index (χ4v) is 2.51. The van der Waals surface area contributed by atoms with Crippen molar-refractivity contribution in [2.24, 2.45) is 0 Å². The lowest BCUT2D eigenvalue weighted by molar-refractivity contribution is 0.397. The van der Waals surface area contributed by atoms with Gasteiger partial charge in [-0.2, -0.15) is 0 Å². The normalized spacial score (nSPS) is 10.8. The zero-order valence-corrected chi connectivity index (χ0v) is 11.4. The summed E-state index contributed by atoms with van der Waals surface area (Å²) in [5.74, 6) is 0.450. The van der Waals surface area contributed by atoms with Gasteiger partial charge < -0.3 is 4.74 Å². The van der Waals surface area contributed by atoms with Crippen molar-refractivity contribution in [1.82, 2.24) is 9.97 Å². The van der Waals surface area contributed by atoms with Crippen LogP contribution >= 0.6 is 39.1 Å². The molecule has 0 aliphatic heterocycles. The summed E-state index contributed by atoms with van der Waals surface area (Å²) >= 11 is 15.4. The monoisotopic (exact) mass is 320 g/mol. The number of hydrogen-bond donors (Lipinski definition) is 0. The van der Waals surface area contributed by atoms with Crippen molar-refractivity contribution in [2.45, 2.75) is 5.33 Å². The largest absolute Gasteiger partial charge is 0.480 e. The molecule has 2 rings (SSSR count). The highest BCUT2D eigenvalue weighted by atomic mass is 79.9. The molecule has 0 unspecified atom stereocenters. The molecule has 0 radical (unpaired) electrons. The van der Waals surface area contributed by atoms with E-state index in [1.807, 2.05) is 0 Å². The maximum atomic E-state index is 6.09. The Kier molecular flexibility index (Phi) is 3.52. The maximum Gasteiger partial charge on any atom is 0.232 e. The fourth-order valence-electron chi connectivity index (χ4n) is 1.37. The van der Waals surface area contributed by atoms with Gasteiger partial charge >= 0.3 is 0 Å². The Morgan fingerprint density at radius 1 is 1.44 bits per heavy atom. The minimum absolute atomic E-state index is 0.450. The van der Waals surface area contributed by atoms with Crippen LogP contribution in [0.2, 0.25) is 10.0 Å². The molecule has 0 spiro atoms. The third-order valence-electron chi connectivity index (χ3n) is 2.14. The van der Waals surface area contributed by atoms with Crippen LogP contribution in [0.1, 0.15) is 5.56 Å². The van der Waals surface area contributed by atoms with E-state index < -0.39 is 0 Å². The number of benzene rings is 1. The zero-order chi connectivity index (χ0) is 11.7. The predicted molar refractivity (Wildman–Crippen MR) is 68.7 cm³/mol. The topological polar surface area (TPSA) is 35.0 Å². The molecule has 0 atom stereocenters. The number of methoxy groups -OCH3 is 1. The van der Waals surface area contributed by atoms with E-state index in [0.717, 1.165) is 11.1 Å². The predicted octanol–water partition coefficient (Wildman–Crippen LogP) is 3.84. The first-order chi connectivity index (χ1) is 7.67. The van der Waals surface area contributed by atoms with Crippen molar-refractivity contribution in [3.63, 3.8) is 0 Å². The summed E-state index contributed by atoms with van der Waals surface area (Å²) in [6, 6.07) is 1.68. The summed E-state index contributed by atoms with van der Waals surface area (Å²) in [5, 5.41) is 1.54. The van der Waals surface area contributed by atoms with Crippen LogP contribution in [0.3, 0.4) is 0 Å². The number of rotatable bonds is 2. The van der Waals surface area contributed by atoms with Gasteiger partial charge in [0, 0.05) is 10.9 Å². The molecule has 0 aliphatic carbocycles. The van der Waals surface area contributed by atoms with Crippen LogP contribution in [0.4, 0.5) is 0 Å². The molecule has 6 heteroatoms. The third-order valence-corrected chi connectivity index (χ3v) is 3.53. The van der Waals surface area contributed by atoms with Gasteiger partial charge in [0.1, 0.15) is 0 Å². The molecule has 0 bridgehead atoms. The molecule has 3 nitrogen and oxygen atoms in total. The van der Waals surface area contributed by atoms with Gasteiger partial charge in [-0.25, -0.2) is 9.97 Å². The number of hydrogen-bond acceptors (Lipinski definition) is 3. The van der Waals surface area contributed by atoms with E-state index in [9.17, 15) is 0 Å². The van der Waals surface area contributed by atoms with Gasteiger partial charge in [0.25, 0.3) is 0 Å². The lowest BCUT2D eigenvalue weighted by atomic mass is 10.2. The first-order valence-electron chi connectivity index (χ1n) is 4.41. The highest BCUT2D eigenvalue weighted by Crippen LogP contribution is 2.33. The molecule has 1 heterocycles. The molecule has 0 aliphatic rings. The highest BCUT2D eigenvalue weighted by Gasteiger charge is 2.12. The Balaban J connectivity index is 2.79. The number of alkyl halides is 1. The average Bonchev–Trinajstić information content (AvgIpc) is 2.30. The number of nitrogens with zero attached hydrogens (tertiary/aromatic N) is 2. The number of halogens is 3. The van der Waals surface area contributed by atoms with Crippen LogP contribution in [0.15, 0.2) is 12.3 Å². The molecule has 1 aromatic heterocycles. The zero-order valence-electron chi connectivity index (χ0n) is 8.30. The van der Waals surface area contributed by atoms with Crippen LogP contribution in [0.25, 0.3) is 11.0 Å². The van der Waals surface area contributed by atoms with Gasteiger partial charge in [-0.15, -0.1) is 0 Å². The van der Waals surface area contributed by atoms with Crippen LogP contribution in [0.5, 0.6) is 5.88 Å². The average molecular weight is 322 g/mol. The first kappa shape index (κ1) is 11.9. The molecule has 2 aromatic rings. The van der Waals surface area contributed by atoms with Crippen LogP contribution in [0, 0.1) is 0 Å². The van der Waals surface area contributed by atoms with Gasteiger partial charge in [-0.1, -0.05) is 39.1 Å². The maximum absolute atomic E-state index is 6.09. The molecule has 0 fully saturated rings. The summed E-state index contributed by atoms with van der Waals surface area (Å²) < 4.78 is 5.00. The van der Waals surface area contributed by atoms with E-state index in [1.54, 1.807) is 19.4 Å². The lowest BCUT2D eigenvalue weighted by Crippen LogP contribution is -1.94. The second kappa shape index (κ2) is 4.73. The number of fused-ring (bicyclic) bond motifs is 1. The summed E-state index contributed by atoms with van der Waals surface area (Å²) in [6.07, 6.45) is 1.55. The van der Waals surface area contributed by atoms with Crippen molar-refractivity contribution in [3.05, 3.63) is 27.9 Å². The minimum atomic E-state index is 0.450. The van der Waals surface area contributed by atoms with E-state index in [0.29, 0.717) is 26.8 Å². The molecule has 1 aromatic carbocycles. The summed E-state index contributed by atoms with van der Waals surface area (Å²) in [4.78, 5) is 8.52. The highest BCUT2D eigenvalue weighted by molar-refractivity contribution is 9.08. The molecule has 0 amide bonds.